The fourth-order valence-electron chi connectivity index (χ4n) is 2.13. The molecule has 0 radical (unpaired) electrons. The van der Waals surface area contributed by atoms with Crippen LogP contribution in [0.5, 0.6) is 0 Å². The monoisotopic (exact) mass is 395 g/mol. The molecule has 2 aromatic rings. The molecule has 0 saturated carbocycles. The van der Waals surface area contributed by atoms with Gasteiger partial charge in [0.1, 0.15) is 0 Å². The molecule has 0 unspecified atom stereocenters. The first-order valence-corrected chi connectivity index (χ1v) is 8.20. The van der Waals surface area contributed by atoms with E-state index in [2.05, 4.69) is 20.6 Å². The average Bonchev–Trinajstić information content (AvgIpc) is 2.62. The number of nitrogens with zero attached hydrogens (tertiary/aromatic N) is 3. The Kier molecular flexibility index (Phi) is 8.84. The lowest BCUT2D eigenvalue weighted by molar-refractivity contribution is -0.141. The summed E-state index contributed by atoms with van der Waals surface area (Å²) in [6.45, 7) is 4.32. The number of nitrogens with one attached hydrogen (secondary N) is 2. The summed E-state index contributed by atoms with van der Waals surface area (Å²) in [6.07, 6.45) is -3.41. The van der Waals surface area contributed by atoms with Gasteiger partial charge in [-0.2, -0.15) is 18.4 Å². The summed E-state index contributed by atoms with van der Waals surface area (Å²) in [5.74, 6) is 0.152. The van der Waals surface area contributed by atoms with Gasteiger partial charge in [-0.25, -0.2) is 9.97 Å². The third-order valence-electron chi connectivity index (χ3n) is 3.25. The highest BCUT2D eigenvalue weighted by molar-refractivity contribution is 5.56. The van der Waals surface area contributed by atoms with E-state index in [1.165, 1.54) is 12.3 Å². The third-order valence-corrected chi connectivity index (χ3v) is 3.25. The highest BCUT2D eigenvalue weighted by Gasteiger charge is 2.36. The van der Waals surface area contributed by atoms with Gasteiger partial charge in [0.05, 0.1) is 11.6 Å². The van der Waals surface area contributed by atoms with E-state index in [-0.39, 0.29) is 24.5 Å². The smallest absolute Gasteiger partial charge is 0.433 e. The molecular weight excluding hydrogens is 375 g/mol. The van der Waals surface area contributed by atoms with Crippen LogP contribution < -0.4 is 10.6 Å². The van der Waals surface area contributed by atoms with Gasteiger partial charge in [0.25, 0.3) is 6.47 Å². The van der Waals surface area contributed by atoms with Crippen LogP contribution in [0, 0.1) is 17.2 Å². The van der Waals surface area contributed by atoms with Gasteiger partial charge in [-0.05, 0) is 30.7 Å². The van der Waals surface area contributed by atoms with Gasteiger partial charge in [0.15, 0.2) is 5.69 Å². The Morgan fingerprint density at radius 3 is 2.61 bits per heavy atom. The zero-order valence-corrected chi connectivity index (χ0v) is 15.3. The molecule has 0 atom stereocenters. The number of hydrogen-bond acceptors (Lipinski definition) is 6. The zero-order chi connectivity index (χ0) is 21.2. The summed E-state index contributed by atoms with van der Waals surface area (Å²) in [4.78, 5) is 15.9. The van der Waals surface area contributed by atoms with Crippen LogP contribution in [0.2, 0.25) is 0 Å². The minimum Gasteiger partial charge on any atom is -0.483 e. The van der Waals surface area contributed by atoms with E-state index in [9.17, 15) is 13.2 Å². The molecule has 7 nitrogen and oxygen atoms in total. The van der Waals surface area contributed by atoms with Crippen LogP contribution in [-0.2, 0) is 17.5 Å². The maximum absolute atomic E-state index is 13.3. The van der Waals surface area contributed by atoms with Crippen molar-refractivity contribution in [3.8, 4) is 6.07 Å². The minimum absolute atomic E-state index is 0.00974. The maximum atomic E-state index is 13.3. The molecular formula is C18H20F3N5O2. The summed E-state index contributed by atoms with van der Waals surface area (Å²) in [5, 5.41) is 21.4. The lowest BCUT2D eigenvalue weighted by Gasteiger charge is -2.14. The number of nitriles is 1. The molecule has 0 aliphatic carbocycles. The summed E-state index contributed by atoms with van der Waals surface area (Å²) < 4.78 is 39.8. The van der Waals surface area contributed by atoms with Crippen LogP contribution in [0.15, 0.2) is 30.5 Å². The SMILES string of the molecule is CC(C)CNCc1cnc(Nc2cccc(C#N)c2)nc1C(F)(F)F.O=CO. The lowest BCUT2D eigenvalue weighted by atomic mass is 10.2. The van der Waals surface area contributed by atoms with Crippen LogP contribution in [0.25, 0.3) is 0 Å². The van der Waals surface area contributed by atoms with Crippen molar-refractivity contribution < 1.29 is 23.1 Å². The Morgan fingerprint density at radius 2 is 2.04 bits per heavy atom. The molecule has 0 aliphatic rings. The van der Waals surface area contributed by atoms with Crippen LogP contribution in [-0.4, -0.2) is 28.1 Å². The van der Waals surface area contributed by atoms with Crippen molar-refractivity contribution >= 4 is 18.1 Å². The molecule has 2 rings (SSSR count). The second kappa shape index (κ2) is 10.8. The number of aromatic nitrogens is 2. The summed E-state index contributed by atoms with van der Waals surface area (Å²) >= 11 is 0. The molecule has 0 bridgehead atoms. The Labute approximate surface area is 160 Å². The van der Waals surface area contributed by atoms with Gasteiger partial charge in [-0.3, -0.25) is 4.79 Å². The van der Waals surface area contributed by atoms with Crippen LogP contribution in [0.1, 0.15) is 30.7 Å². The number of benzene rings is 1. The first-order valence-electron chi connectivity index (χ1n) is 8.20. The summed E-state index contributed by atoms with van der Waals surface area (Å²) in [6, 6.07) is 8.30. The fourth-order valence-corrected chi connectivity index (χ4v) is 2.13. The van der Waals surface area contributed by atoms with Crippen molar-refractivity contribution in [2.24, 2.45) is 5.92 Å². The Bertz CT molecular complexity index is 820. The first-order chi connectivity index (χ1) is 13.2. The molecule has 28 heavy (non-hydrogen) atoms. The van der Waals surface area contributed by atoms with E-state index in [0.717, 1.165) is 0 Å². The van der Waals surface area contributed by atoms with E-state index in [1.807, 2.05) is 19.9 Å². The predicted molar refractivity (Wildman–Crippen MR) is 96.7 cm³/mol. The van der Waals surface area contributed by atoms with Crippen molar-refractivity contribution in [1.82, 2.24) is 15.3 Å². The standard InChI is InChI=1S/C17H18F3N5.CH2O2/c1-11(2)8-22-9-13-10-23-16(25-15(13)17(18,19)20)24-14-5-3-4-12(6-14)7-21;2-1-3/h3-6,10-11,22H,8-9H2,1-2H3,(H,23,24,25);1H,(H,2,3). The number of anilines is 2. The van der Waals surface area contributed by atoms with Gasteiger partial charge < -0.3 is 15.7 Å². The van der Waals surface area contributed by atoms with Gasteiger partial charge in [-0.15, -0.1) is 0 Å². The van der Waals surface area contributed by atoms with E-state index in [1.54, 1.807) is 18.2 Å². The van der Waals surface area contributed by atoms with E-state index in [0.29, 0.717) is 23.7 Å². The molecule has 0 saturated heterocycles. The first kappa shape index (κ1) is 22.9. The van der Waals surface area contributed by atoms with Crippen molar-refractivity contribution in [1.29, 1.82) is 5.26 Å². The van der Waals surface area contributed by atoms with E-state index < -0.39 is 11.9 Å². The van der Waals surface area contributed by atoms with E-state index >= 15 is 0 Å². The molecule has 0 aliphatic heterocycles. The van der Waals surface area contributed by atoms with Crippen molar-refractivity contribution in [3.63, 3.8) is 0 Å². The van der Waals surface area contributed by atoms with Crippen molar-refractivity contribution in [2.75, 3.05) is 11.9 Å². The topological polar surface area (TPSA) is 111 Å². The summed E-state index contributed by atoms with van der Waals surface area (Å²) in [7, 11) is 0. The molecule has 10 heteroatoms. The zero-order valence-electron chi connectivity index (χ0n) is 15.3. The normalized spacial score (nSPS) is 10.6. The number of carbonyl (C=O) groups is 1. The highest BCUT2D eigenvalue weighted by Crippen LogP contribution is 2.31. The fraction of sp³-hybridized carbons (Fsp3) is 0.333. The molecule has 1 aromatic heterocycles. The molecule has 0 spiro atoms. The molecule has 1 aromatic carbocycles. The van der Waals surface area contributed by atoms with Gasteiger partial charge in [-0.1, -0.05) is 19.9 Å². The van der Waals surface area contributed by atoms with Gasteiger partial charge >= 0.3 is 6.18 Å². The van der Waals surface area contributed by atoms with E-state index in [4.69, 9.17) is 15.2 Å². The van der Waals surface area contributed by atoms with Crippen LogP contribution in [0.4, 0.5) is 24.8 Å². The van der Waals surface area contributed by atoms with Gasteiger partial charge in [0, 0.05) is 24.0 Å². The number of hydrogen-bond donors (Lipinski definition) is 3. The lowest BCUT2D eigenvalue weighted by Crippen LogP contribution is -2.23. The van der Waals surface area contributed by atoms with Crippen molar-refractivity contribution in [3.05, 3.63) is 47.3 Å². The molecule has 1 heterocycles. The van der Waals surface area contributed by atoms with Crippen molar-refractivity contribution in [2.45, 2.75) is 26.6 Å². The molecule has 150 valence electrons. The Hall–Kier alpha value is -3.19. The number of rotatable bonds is 6. The van der Waals surface area contributed by atoms with Gasteiger partial charge in [0.2, 0.25) is 5.95 Å². The Balaban J connectivity index is 0.00000122. The third kappa shape index (κ3) is 7.59. The highest BCUT2D eigenvalue weighted by atomic mass is 19.4. The number of halogens is 3. The van der Waals surface area contributed by atoms with Crippen LogP contribution >= 0.6 is 0 Å². The minimum atomic E-state index is -4.58. The van der Waals surface area contributed by atoms with Crippen LogP contribution in [0.3, 0.4) is 0 Å². The molecule has 0 fully saturated rings. The molecule has 3 N–H and O–H groups in total. The molecule has 0 amide bonds. The summed E-state index contributed by atoms with van der Waals surface area (Å²) in [5.41, 5.74) is -0.157. The number of carboxylic acid groups (broad SMARTS) is 1. The quantitative estimate of drug-likeness (QED) is 0.641. The predicted octanol–water partition coefficient (Wildman–Crippen LogP) is 3.56. The number of alkyl halides is 3. The second-order valence-corrected chi connectivity index (χ2v) is 6.01. The second-order valence-electron chi connectivity index (χ2n) is 6.01. The Morgan fingerprint density at radius 1 is 1.36 bits per heavy atom. The maximum Gasteiger partial charge on any atom is 0.433 e. The largest absolute Gasteiger partial charge is 0.483 e. The average molecular weight is 395 g/mol.